The van der Waals surface area contributed by atoms with Crippen molar-refractivity contribution in [1.82, 2.24) is 31.5 Å². The third-order valence-electron chi connectivity index (χ3n) is 13.7. The number of ether oxygens (including phenoxy) is 4. The van der Waals surface area contributed by atoms with Crippen molar-refractivity contribution in [1.29, 1.82) is 0 Å². The van der Waals surface area contributed by atoms with E-state index in [1.807, 2.05) is 13.8 Å². The molecule has 0 aromatic heterocycles. The summed E-state index contributed by atoms with van der Waals surface area (Å²) in [4.78, 5) is 111. The van der Waals surface area contributed by atoms with Gasteiger partial charge >= 0.3 is 24.1 Å². The maximum absolute atomic E-state index is 14.6. The minimum atomic E-state index is -2.99. The molecule has 2 aromatic carbocycles. The van der Waals surface area contributed by atoms with Gasteiger partial charge in [0.1, 0.15) is 49.0 Å². The van der Waals surface area contributed by atoms with Gasteiger partial charge in [0.15, 0.2) is 0 Å². The van der Waals surface area contributed by atoms with Crippen molar-refractivity contribution in [3.05, 3.63) is 71.8 Å². The molecular weight excluding hydrogens is 1030 g/mol. The summed E-state index contributed by atoms with van der Waals surface area (Å²) in [6, 6.07) is 11.7. The summed E-state index contributed by atoms with van der Waals surface area (Å²) in [6.45, 7) is 12.1. The molecule has 0 heterocycles. The van der Waals surface area contributed by atoms with E-state index in [9.17, 15) is 52.2 Å². The van der Waals surface area contributed by atoms with E-state index < -0.39 is 133 Å². The number of amides is 6. The molecule has 1 saturated carbocycles. The number of carboxylic acid groups (broad SMARTS) is 1. The number of unbranched alkanes of at least 4 members (excludes halogenated alkanes) is 7. The first-order chi connectivity index (χ1) is 37.3. The molecule has 0 saturated heterocycles. The molecule has 1 unspecified atom stereocenters. The number of likely N-dealkylation sites (N-methyl/N-ethyl adjacent to an activating group) is 1. The molecule has 0 aliphatic heterocycles. The van der Waals surface area contributed by atoms with Crippen LogP contribution < -0.4 is 26.6 Å². The van der Waals surface area contributed by atoms with Crippen LogP contribution in [-0.2, 0) is 60.9 Å². The van der Waals surface area contributed by atoms with Crippen molar-refractivity contribution in [2.75, 3.05) is 20.1 Å². The van der Waals surface area contributed by atoms with Gasteiger partial charge in [0.25, 0.3) is 0 Å². The van der Waals surface area contributed by atoms with Crippen LogP contribution in [0.4, 0.5) is 18.4 Å². The van der Waals surface area contributed by atoms with Crippen molar-refractivity contribution in [3.63, 3.8) is 0 Å². The number of carboxylic acids is 1. The fourth-order valence-corrected chi connectivity index (χ4v) is 9.08. The quantitative estimate of drug-likeness (QED) is 0.0223. The molecule has 6 amide bonds. The highest BCUT2D eigenvalue weighted by Gasteiger charge is 2.42. The number of nitrogens with one attached hydrogen (secondary N) is 5. The van der Waals surface area contributed by atoms with Crippen LogP contribution in [0, 0.1) is 17.8 Å². The highest BCUT2D eigenvalue weighted by molar-refractivity contribution is 5.95. The lowest BCUT2D eigenvalue weighted by molar-refractivity contribution is -0.160. The third kappa shape index (κ3) is 25.5. The van der Waals surface area contributed by atoms with Gasteiger partial charge in [-0.05, 0) is 82.8 Å². The average Bonchev–Trinajstić information content (AvgIpc) is 3.40. The van der Waals surface area contributed by atoms with Crippen molar-refractivity contribution in [2.24, 2.45) is 17.8 Å². The minimum Gasteiger partial charge on any atom is -0.480 e. The Labute approximate surface area is 465 Å². The van der Waals surface area contributed by atoms with Gasteiger partial charge in [0.2, 0.25) is 29.6 Å². The normalized spacial score (nSPS) is 16.1. The van der Waals surface area contributed by atoms with Crippen LogP contribution in [0.2, 0.25) is 0 Å². The first-order valence-corrected chi connectivity index (χ1v) is 27.9. The van der Waals surface area contributed by atoms with Crippen LogP contribution in [0.5, 0.6) is 0 Å². The zero-order valence-electron chi connectivity index (χ0n) is 47.7. The van der Waals surface area contributed by atoms with Crippen LogP contribution in [0.15, 0.2) is 60.7 Å². The van der Waals surface area contributed by atoms with Gasteiger partial charge in [-0.3, -0.25) is 24.0 Å². The lowest BCUT2D eigenvalue weighted by atomic mass is 9.81. The molecule has 1 aliphatic carbocycles. The molecule has 0 radical (unpaired) electrons. The van der Waals surface area contributed by atoms with Gasteiger partial charge in [0.05, 0.1) is 25.2 Å². The molecule has 1 aliphatic rings. The second kappa shape index (κ2) is 33.9. The predicted octanol–water partition coefficient (Wildman–Crippen LogP) is 8.36. The summed E-state index contributed by atoms with van der Waals surface area (Å²) in [5.41, 5.74) is 0.357. The van der Waals surface area contributed by atoms with E-state index in [-0.39, 0.29) is 44.8 Å². The Morgan fingerprint density at radius 2 is 1.30 bits per heavy atom. The Bertz CT molecular complexity index is 2220. The molecule has 442 valence electrons. The number of esters is 1. The maximum Gasteiger partial charge on any atom is 0.408 e. The predicted molar refractivity (Wildman–Crippen MR) is 292 cm³/mol. The van der Waals surface area contributed by atoms with Crippen molar-refractivity contribution in [2.45, 2.75) is 206 Å². The van der Waals surface area contributed by atoms with E-state index in [0.29, 0.717) is 17.5 Å². The monoisotopic (exact) mass is 1110 g/mol. The first kappa shape index (κ1) is 66.9. The molecule has 0 bridgehead atoms. The lowest BCUT2D eigenvalue weighted by Gasteiger charge is -2.34. The lowest BCUT2D eigenvalue weighted by Crippen LogP contribution is -2.62. The molecule has 79 heavy (non-hydrogen) atoms. The van der Waals surface area contributed by atoms with Crippen LogP contribution in [0.25, 0.3) is 0 Å². The third-order valence-corrected chi connectivity index (χ3v) is 13.7. The van der Waals surface area contributed by atoms with Gasteiger partial charge < -0.3 is 55.5 Å². The summed E-state index contributed by atoms with van der Waals surface area (Å²) in [6.07, 6.45) is 2.72. The van der Waals surface area contributed by atoms with Crippen LogP contribution in [-0.4, -0.2) is 126 Å². The highest BCUT2D eigenvalue weighted by Crippen LogP contribution is 2.37. The number of alkyl carbamates (subject to hydrolysis) is 2. The fourth-order valence-electron chi connectivity index (χ4n) is 9.08. The molecular formula is C58H88F2N6O13. The molecule has 2 aromatic rings. The van der Waals surface area contributed by atoms with E-state index in [1.54, 1.807) is 88.4 Å². The average molecular weight is 1120 g/mol. The molecule has 19 nitrogen and oxygen atoms in total. The van der Waals surface area contributed by atoms with Gasteiger partial charge in [-0.1, -0.05) is 133 Å². The topological polar surface area (TPSA) is 257 Å². The largest absolute Gasteiger partial charge is 0.480 e. The van der Waals surface area contributed by atoms with Crippen molar-refractivity contribution < 1.29 is 71.2 Å². The van der Waals surface area contributed by atoms with E-state index in [2.05, 4.69) is 33.5 Å². The maximum atomic E-state index is 14.6. The molecule has 6 N–H and O–H groups in total. The Balaban J connectivity index is 1.93. The second-order valence-electron chi connectivity index (χ2n) is 22.0. The summed E-state index contributed by atoms with van der Waals surface area (Å²) in [5, 5.41) is 22.6. The van der Waals surface area contributed by atoms with Crippen molar-refractivity contribution >= 4 is 47.8 Å². The number of carbonyl (C=O) groups is 8. The van der Waals surface area contributed by atoms with Crippen LogP contribution in [0.1, 0.15) is 156 Å². The highest BCUT2D eigenvalue weighted by atomic mass is 19.3. The minimum absolute atomic E-state index is 0.0300. The Hall–Kier alpha value is -6.38. The summed E-state index contributed by atoms with van der Waals surface area (Å²) in [7, 11) is 1.41. The van der Waals surface area contributed by atoms with Gasteiger partial charge in [-0.2, -0.15) is 0 Å². The number of rotatable bonds is 33. The SMILES string of the molecule is CCCCCCCCCC[C@@H](OC(=O)CNC(=O)[C@@H](NC(=O)[C@H](CNC(=O)OCc1ccccc1)NC(=O)C(NC(=O)OC(C)(C)C)C1CCC(F)(F)CC1)[C@H](C)OCc1ccccc1)[C@@H](C)C(=O)N(C)[C@@H](CC(C)C)C(=O)O. The Kier molecular flexibility index (Phi) is 28.7. The van der Waals surface area contributed by atoms with Gasteiger partial charge in [-0.15, -0.1) is 0 Å². The molecule has 21 heteroatoms. The van der Waals surface area contributed by atoms with Crippen molar-refractivity contribution in [3.8, 4) is 0 Å². The number of aliphatic carboxylic acids is 1. The molecule has 1 fully saturated rings. The van der Waals surface area contributed by atoms with E-state index in [4.69, 9.17) is 18.9 Å². The summed E-state index contributed by atoms with van der Waals surface area (Å²) >= 11 is 0. The van der Waals surface area contributed by atoms with Crippen LogP contribution in [0.3, 0.4) is 0 Å². The first-order valence-electron chi connectivity index (χ1n) is 27.9. The number of halogens is 2. The number of hydrogen-bond acceptors (Lipinski definition) is 12. The zero-order valence-corrected chi connectivity index (χ0v) is 47.7. The zero-order chi connectivity index (χ0) is 58.7. The molecule has 7 atom stereocenters. The number of alkyl halides is 2. The second-order valence-corrected chi connectivity index (χ2v) is 22.0. The number of benzene rings is 2. The smallest absolute Gasteiger partial charge is 0.408 e. The van der Waals surface area contributed by atoms with Gasteiger partial charge in [-0.25, -0.2) is 23.2 Å². The standard InChI is InChI=1S/C58H88F2N6O13/c1-10-11-12-13-14-15-16-23-28-46(39(4)53(71)66(9)45(54(72)73)33-38(2)3)78-47(67)35-61-51(69)48(40(5)76-36-41-24-19-17-20-25-41)64-50(68)44(34-62-55(74)77-37-42-26-21-18-22-27-42)63-52(70)49(65-56(75)79-57(6,7)8)43-29-31-58(59,60)32-30-43/h17-22,24-27,38-40,43-46,48-49H,10-16,23,28-37H2,1-9H3,(H,61,69)(H,62,74)(H,63,70)(H,64,68)(H,65,75)(H,72,73)/t39-,40+,44+,45+,46-,48+,49?/m1/s1. The summed E-state index contributed by atoms with van der Waals surface area (Å²) < 4.78 is 51.6. The number of hydrogen-bond donors (Lipinski definition) is 6. The molecule has 0 spiro atoms. The Morgan fingerprint density at radius 3 is 1.86 bits per heavy atom. The van der Waals surface area contributed by atoms with E-state index in [1.165, 1.54) is 18.9 Å². The summed E-state index contributed by atoms with van der Waals surface area (Å²) in [5.74, 6) is -10.4. The van der Waals surface area contributed by atoms with E-state index >= 15 is 0 Å². The number of nitrogens with zero attached hydrogens (tertiary/aromatic N) is 1. The van der Waals surface area contributed by atoms with Crippen LogP contribution >= 0.6 is 0 Å². The fraction of sp³-hybridized carbons (Fsp3) is 0.655. The van der Waals surface area contributed by atoms with Gasteiger partial charge in [0, 0.05) is 19.9 Å². The Morgan fingerprint density at radius 1 is 0.734 bits per heavy atom. The number of carbonyl (C=O) groups excluding carboxylic acids is 7. The molecule has 3 rings (SSSR count). The van der Waals surface area contributed by atoms with E-state index in [0.717, 1.165) is 44.9 Å².